The molecular formula is C68H74N2O. The van der Waals surface area contributed by atoms with Crippen LogP contribution in [0.3, 0.4) is 0 Å². The van der Waals surface area contributed by atoms with Crippen LogP contribution in [-0.2, 0) is 21.7 Å². The van der Waals surface area contributed by atoms with E-state index in [0.717, 1.165) is 95.9 Å². The Morgan fingerprint density at radius 1 is 0.465 bits per heavy atom. The highest BCUT2D eigenvalue weighted by atomic mass is 16.3. The molecule has 8 aromatic rings. The summed E-state index contributed by atoms with van der Waals surface area (Å²) in [6.07, 6.45) is 5.11. The number of benzene rings is 7. The monoisotopic (exact) mass is 935 g/mol. The van der Waals surface area contributed by atoms with Crippen molar-refractivity contribution in [1.82, 2.24) is 4.98 Å². The smallest absolute Gasteiger partial charge is 0.128 e. The van der Waals surface area contributed by atoms with Crippen LogP contribution in [0.4, 0.5) is 11.4 Å². The van der Waals surface area contributed by atoms with Gasteiger partial charge in [-0.1, -0.05) is 217 Å². The Hall–Kier alpha value is -6.97. The normalized spacial score (nSPS) is 12.6. The van der Waals surface area contributed by atoms with Gasteiger partial charge in [-0.3, -0.25) is 4.98 Å². The average molecular weight is 935 g/mol. The van der Waals surface area contributed by atoms with Crippen LogP contribution in [0.5, 0.6) is 5.75 Å². The third kappa shape index (κ3) is 10.7. The van der Waals surface area contributed by atoms with E-state index in [2.05, 4.69) is 272 Å². The highest BCUT2D eigenvalue weighted by Gasteiger charge is 2.31. The maximum atomic E-state index is 12.7. The second-order valence-corrected chi connectivity index (χ2v) is 23.4. The first-order valence-electron chi connectivity index (χ1n) is 25.5. The Kier molecular flexibility index (Phi) is 14.0. The second kappa shape index (κ2) is 19.7. The van der Waals surface area contributed by atoms with Crippen LogP contribution in [0, 0.1) is 6.92 Å². The Balaban J connectivity index is 1.42. The van der Waals surface area contributed by atoms with Crippen LogP contribution < -0.4 is 4.90 Å². The molecule has 0 fully saturated rings. The number of pyridine rings is 1. The summed E-state index contributed by atoms with van der Waals surface area (Å²) in [4.78, 5) is 7.67. The van der Waals surface area contributed by atoms with Gasteiger partial charge in [0.25, 0.3) is 0 Å². The Labute approximate surface area is 426 Å². The Morgan fingerprint density at radius 2 is 1.00 bits per heavy atom. The lowest BCUT2D eigenvalue weighted by molar-refractivity contribution is 0.443. The van der Waals surface area contributed by atoms with Crippen molar-refractivity contribution in [3.63, 3.8) is 0 Å². The first-order chi connectivity index (χ1) is 33.5. The van der Waals surface area contributed by atoms with E-state index in [1.165, 1.54) is 16.7 Å². The van der Waals surface area contributed by atoms with Gasteiger partial charge in [0.15, 0.2) is 0 Å². The number of rotatable bonds is 10. The molecule has 0 atom stereocenters. The van der Waals surface area contributed by atoms with E-state index >= 15 is 0 Å². The number of allylic oxidation sites excluding steroid dienone is 1. The minimum absolute atomic E-state index is 0.0832. The molecule has 0 saturated carbocycles. The summed E-state index contributed by atoms with van der Waals surface area (Å²) in [5.41, 5.74) is 19.9. The molecule has 3 nitrogen and oxygen atoms in total. The molecule has 0 unspecified atom stereocenters. The molecule has 362 valence electrons. The summed E-state index contributed by atoms with van der Waals surface area (Å²) in [6, 6.07) is 59.5. The molecule has 0 bridgehead atoms. The van der Waals surface area contributed by atoms with Crippen LogP contribution in [0.25, 0.3) is 61.5 Å². The number of aromatic hydroxyl groups is 1. The van der Waals surface area contributed by atoms with Gasteiger partial charge in [-0.25, -0.2) is 0 Å². The molecule has 71 heavy (non-hydrogen) atoms. The van der Waals surface area contributed by atoms with Gasteiger partial charge in [0, 0.05) is 39.7 Å². The second-order valence-electron chi connectivity index (χ2n) is 23.4. The quantitative estimate of drug-likeness (QED) is 0.148. The molecule has 0 aliphatic rings. The number of hydrogen-bond acceptors (Lipinski definition) is 3. The number of nitrogens with zero attached hydrogens (tertiary/aromatic N) is 2. The van der Waals surface area contributed by atoms with Crippen molar-refractivity contribution in [2.24, 2.45) is 0 Å². The van der Waals surface area contributed by atoms with Crippen LogP contribution in [0.1, 0.15) is 130 Å². The summed E-state index contributed by atoms with van der Waals surface area (Å²) in [6.45, 7) is 31.6. The van der Waals surface area contributed by atoms with Gasteiger partial charge in [-0.2, -0.15) is 0 Å². The zero-order valence-corrected chi connectivity index (χ0v) is 44.8. The molecular weight excluding hydrogens is 861 g/mol. The zero-order valence-electron chi connectivity index (χ0n) is 44.8. The standard InChI is InChI=1S/C68H74N2O/c1-15-26-62(57-41-53(67(9,10)11)42-59(64(57)71)68(12,13)14)70(63-36-35-51(65(3,4)5)40-56(63)47-29-21-17-22-30-47)61-34-25-33-54(45(61)2)49-37-50(39-52(38-49)66(6,7)8)60-43-55(46-27-19-16-20-28-46)58(44-69-60)48-31-23-18-24-32-48/h16-44,71H,15H2,1-14H3/b62-26+. The maximum absolute atomic E-state index is 12.7. The van der Waals surface area contributed by atoms with Crippen LogP contribution >= 0.6 is 0 Å². The fourth-order valence-corrected chi connectivity index (χ4v) is 9.65. The Morgan fingerprint density at radius 3 is 1.55 bits per heavy atom. The molecule has 0 amide bonds. The van der Waals surface area contributed by atoms with Crippen molar-refractivity contribution >= 4 is 17.1 Å². The number of hydrogen-bond donors (Lipinski definition) is 1. The number of aromatic nitrogens is 1. The molecule has 0 radical (unpaired) electrons. The molecule has 3 heteroatoms. The molecule has 0 aliphatic carbocycles. The average Bonchev–Trinajstić information content (AvgIpc) is 3.33. The SMILES string of the molecule is CC/C=C(\c1cc(C(C)(C)C)cc(C(C)(C)C)c1O)N(c1ccc(C(C)(C)C)cc1-c1ccccc1)c1cccc(-c2cc(-c3cc(-c4ccccc4)c(-c4ccccc4)cn3)cc(C(C)(C)C)c2)c1C. The van der Waals surface area contributed by atoms with Crippen LogP contribution in [0.15, 0.2) is 176 Å². The molecule has 0 aliphatic heterocycles. The lowest BCUT2D eigenvalue weighted by Crippen LogP contribution is -2.22. The number of anilines is 2. The maximum Gasteiger partial charge on any atom is 0.128 e. The predicted octanol–water partition coefficient (Wildman–Crippen LogP) is 19.2. The molecule has 7 aromatic carbocycles. The highest BCUT2D eigenvalue weighted by molar-refractivity contribution is 5.98. The third-order valence-corrected chi connectivity index (χ3v) is 13.9. The van der Waals surface area contributed by atoms with Crippen molar-refractivity contribution in [2.75, 3.05) is 4.90 Å². The highest BCUT2D eigenvalue weighted by Crippen LogP contribution is 2.49. The van der Waals surface area contributed by atoms with E-state index in [4.69, 9.17) is 4.98 Å². The zero-order chi connectivity index (χ0) is 51.0. The first kappa shape index (κ1) is 50.4. The van der Waals surface area contributed by atoms with Gasteiger partial charge in [0.05, 0.1) is 17.1 Å². The van der Waals surface area contributed by atoms with Gasteiger partial charge in [-0.05, 0) is 133 Å². The van der Waals surface area contributed by atoms with Gasteiger partial charge >= 0.3 is 0 Å². The van der Waals surface area contributed by atoms with E-state index in [-0.39, 0.29) is 21.7 Å². The lowest BCUT2D eigenvalue weighted by atomic mass is 9.78. The first-order valence-corrected chi connectivity index (χ1v) is 25.5. The van der Waals surface area contributed by atoms with Crippen molar-refractivity contribution in [2.45, 2.75) is 125 Å². The third-order valence-electron chi connectivity index (χ3n) is 13.9. The number of phenolic OH excluding ortho intramolecular Hbond substituents is 1. The van der Waals surface area contributed by atoms with E-state index in [9.17, 15) is 5.11 Å². The van der Waals surface area contributed by atoms with Crippen molar-refractivity contribution in [3.8, 4) is 61.5 Å². The van der Waals surface area contributed by atoms with E-state index in [0.29, 0.717) is 5.75 Å². The topological polar surface area (TPSA) is 36.4 Å². The summed E-state index contributed by atoms with van der Waals surface area (Å²) in [5.74, 6) is 0.319. The minimum Gasteiger partial charge on any atom is -0.507 e. The van der Waals surface area contributed by atoms with Gasteiger partial charge in [-0.15, -0.1) is 0 Å². The molecule has 0 spiro atoms. The summed E-state index contributed by atoms with van der Waals surface area (Å²) in [5, 5.41) is 12.7. The van der Waals surface area contributed by atoms with Crippen molar-refractivity contribution < 1.29 is 5.11 Å². The minimum atomic E-state index is -0.310. The fourth-order valence-electron chi connectivity index (χ4n) is 9.65. The fraction of sp³-hybridized carbons (Fsp3) is 0.279. The van der Waals surface area contributed by atoms with E-state index in [1.54, 1.807) is 0 Å². The molecule has 1 aromatic heterocycles. The molecule has 1 heterocycles. The largest absolute Gasteiger partial charge is 0.507 e. The van der Waals surface area contributed by atoms with Gasteiger partial charge < -0.3 is 10.0 Å². The van der Waals surface area contributed by atoms with E-state index in [1.807, 2.05) is 6.20 Å². The Bertz CT molecular complexity index is 3210. The molecule has 8 rings (SSSR count). The summed E-state index contributed by atoms with van der Waals surface area (Å²) in [7, 11) is 0. The van der Waals surface area contributed by atoms with Crippen molar-refractivity contribution in [3.05, 3.63) is 209 Å². The van der Waals surface area contributed by atoms with Gasteiger partial charge in [0.2, 0.25) is 0 Å². The predicted molar refractivity (Wildman–Crippen MR) is 306 cm³/mol. The van der Waals surface area contributed by atoms with E-state index < -0.39 is 0 Å². The van der Waals surface area contributed by atoms with Crippen molar-refractivity contribution in [1.29, 1.82) is 0 Å². The summed E-state index contributed by atoms with van der Waals surface area (Å²) < 4.78 is 0. The lowest BCUT2D eigenvalue weighted by Gasteiger charge is -2.35. The summed E-state index contributed by atoms with van der Waals surface area (Å²) >= 11 is 0. The molecule has 1 N–H and O–H groups in total. The van der Waals surface area contributed by atoms with Gasteiger partial charge in [0.1, 0.15) is 5.75 Å². The van der Waals surface area contributed by atoms with Crippen LogP contribution in [-0.4, -0.2) is 10.1 Å². The van der Waals surface area contributed by atoms with Crippen LogP contribution in [0.2, 0.25) is 0 Å². The number of phenols is 1. The molecule has 0 saturated heterocycles.